The van der Waals surface area contributed by atoms with E-state index in [-0.39, 0.29) is 5.91 Å². The van der Waals surface area contributed by atoms with Crippen molar-refractivity contribution in [1.29, 1.82) is 0 Å². The molecule has 0 aromatic carbocycles. The van der Waals surface area contributed by atoms with E-state index in [4.69, 9.17) is 11.6 Å². The number of rotatable bonds is 3. The first kappa shape index (κ1) is 10.3. The van der Waals surface area contributed by atoms with Crippen molar-refractivity contribution in [2.45, 2.75) is 6.54 Å². The Hall–Kier alpha value is -1.26. The summed E-state index contributed by atoms with van der Waals surface area (Å²) in [4.78, 5) is 15.5. The zero-order valence-electron chi connectivity index (χ0n) is 7.79. The Labute approximate surface area is 96.1 Å². The minimum Gasteiger partial charge on any atom is -0.356 e. The van der Waals surface area contributed by atoms with Crippen LogP contribution in [0.1, 0.15) is 15.4 Å². The Balaban J connectivity index is 1.93. The Bertz CT molecular complexity index is 450. The minimum atomic E-state index is -0.143. The van der Waals surface area contributed by atoms with E-state index < -0.39 is 0 Å². The summed E-state index contributed by atoms with van der Waals surface area (Å²) >= 11 is 7.31. The fourth-order valence-electron chi connectivity index (χ4n) is 1.17. The lowest BCUT2D eigenvalue weighted by Crippen LogP contribution is -2.22. The molecule has 0 bridgehead atoms. The van der Waals surface area contributed by atoms with Crippen molar-refractivity contribution in [2.24, 2.45) is 0 Å². The van der Waals surface area contributed by atoms with Gasteiger partial charge in [0.25, 0.3) is 5.91 Å². The lowest BCUT2D eigenvalue weighted by atomic mass is 10.4. The maximum absolute atomic E-state index is 11.6. The molecule has 0 atom stereocenters. The Morgan fingerprint density at radius 1 is 1.60 bits per heavy atom. The molecule has 2 aromatic rings. The molecule has 0 radical (unpaired) electrons. The summed E-state index contributed by atoms with van der Waals surface area (Å²) in [5.74, 6) is -0.143. The second kappa shape index (κ2) is 4.51. The van der Waals surface area contributed by atoms with Gasteiger partial charge in [-0.25, -0.2) is 0 Å². The van der Waals surface area contributed by atoms with Crippen molar-refractivity contribution >= 4 is 28.8 Å². The van der Waals surface area contributed by atoms with Gasteiger partial charge in [0.1, 0.15) is 5.69 Å². The van der Waals surface area contributed by atoms with Gasteiger partial charge < -0.3 is 10.3 Å². The largest absolute Gasteiger partial charge is 0.356 e. The molecule has 0 saturated carbocycles. The average Bonchev–Trinajstić information content (AvgIpc) is 2.84. The molecule has 2 heterocycles. The van der Waals surface area contributed by atoms with Crippen LogP contribution in [-0.4, -0.2) is 10.9 Å². The third-order valence-corrected chi connectivity index (χ3v) is 2.99. The van der Waals surface area contributed by atoms with Gasteiger partial charge in [-0.15, -0.1) is 11.3 Å². The zero-order chi connectivity index (χ0) is 10.7. The highest BCUT2D eigenvalue weighted by Crippen LogP contribution is 2.10. The minimum absolute atomic E-state index is 0.143. The molecule has 0 aliphatic rings. The number of thiophene rings is 1. The van der Waals surface area contributed by atoms with Crippen LogP contribution in [0.15, 0.2) is 29.8 Å². The number of amides is 1. The molecule has 3 nitrogen and oxygen atoms in total. The molecule has 2 rings (SSSR count). The lowest BCUT2D eigenvalue weighted by Gasteiger charge is -2.00. The fraction of sp³-hybridized carbons (Fsp3) is 0.100. The van der Waals surface area contributed by atoms with Crippen LogP contribution >= 0.6 is 22.9 Å². The van der Waals surface area contributed by atoms with Crippen LogP contribution in [0, 0.1) is 0 Å². The molecule has 15 heavy (non-hydrogen) atoms. The lowest BCUT2D eigenvalue weighted by molar-refractivity contribution is 0.0947. The van der Waals surface area contributed by atoms with E-state index in [9.17, 15) is 4.79 Å². The summed E-state index contributed by atoms with van der Waals surface area (Å²) in [6.45, 7) is 0.549. The van der Waals surface area contributed by atoms with Gasteiger partial charge >= 0.3 is 0 Å². The van der Waals surface area contributed by atoms with Gasteiger partial charge in [0.2, 0.25) is 0 Å². The summed E-state index contributed by atoms with van der Waals surface area (Å²) in [6.07, 6.45) is 1.58. The van der Waals surface area contributed by atoms with E-state index in [0.717, 1.165) is 4.88 Å². The van der Waals surface area contributed by atoms with E-state index in [0.29, 0.717) is 17.3 Å². The molecule has 5 heteroatoms. The smallest absolute Gasteiger partial charge is 0.268 e. The summed E-state index contributed by atoms with van der Waals surface area (Å²) in [7, 11) is 0. The molecule has 2 N–H and O–H groups in total. The predicted octanol–water partition coefficient (Wildman–Crippen LogP) is 2.66. The maximum Gasteiger partial charge on any atom is 0.268 e. The summed E-state index contributed by atoms with van der Waals surface area (Å²) in [5, 5.41) is 5.31. The van der Waals surface area contributed by atoms with Gasteiger partial charge in [0.15, 0.2) is 0 Å². The Morgan fingerprint density at radius 2 is 2.47 bits per heavy atom. The van der Waals surface area contributed by atoms with Crippen LogP contribution in [0.5, 0.6) is 0 Å². The van der Waals surface area contributed by atoms with Crippen molar-refractivity contribution in [1.82, 2.24) is 10.3 Å². The molecule has 0 aliphatic carbocycles. The number of hydrogen-bond donors (Lipinski definition) is 2. The molecule has 0 unspecified atom stereocenters. The molecule has 0 aliphatic heterocycles. The Morgan fingerprint density at radius 3 is 3.07 bits per heavy atom. The maximum atomic E-state index is 11.6. The average molecular weight is 241 g/mol. The van der Waals surface area contributed by atoms with Gasteiger partial charge in [-0.2, -0.15) is 0 Å². The van der Waals surface area contributed by atoms with Crippen molar-refractivity contribution in [2.75, 3.05) is 0 Å². The molecular formula is C10H9ClN2OS. The fourth-order valence-corrected chi connectivity index (χ4v) is 1.98. The number of nitrogens with one attached hydrogen (secondary N) is 2. The van der Waals surface area contributed by atoms with Crippen molar-refractivity contribution < 1.29 is 4.79 Å². The zero-order valence-corrected chi connectivity index (χ0v) is 9.36. The molecule has 78 valence electrons. The predicted molar refractivity (Wildman–Crippen MR) is 61.3 cm³/mol. The van der Waals surface area contributed by atoms with Crippen molar-refractivity contribution in [3.63, 3.8) is 0 Å². The van der Waals surface area contributed by atoms with Crippen LogP contribution in [0.2, 0.25) is 5.02 Å². The van der Waals surface area contributed by atoms with E-state index in [2.05, 4.69) is 10.3 Å². The van der Waals surface area contributed by atoms with Crippen LogP contribution in [-0.2, 0) is 6.54 Å². The van der Waals surface area contributed by atoms with Crippen molar-refractivity contribution in [3.8, 4) is 0 Å². The molecule has 0 fully saturated rings. The number of hydrogen-bond acceptors (Lipinski definition) is 2. The summed E-state index contributed by atoms with van der Waals surface area (Å²) in [5.41, 5.74) is 0.483. The van der Waals surface area contributed by atoms with E-state index >= 15 is 0 Å². The number of aromatic amines is 1. The summed E-state index contributed by atoms with van der Waals surface area (Å²) in [6, 6.07) is 5.54. The van der Waals surface area contributed by atoms with Gasteiger partial charge in [-0.3, -0.25) is 4.79 Å². The second-order valence-electron chi connectivity index (χ2n) is 2.99. The normalized spacial score (nSPS) is 10.2. The third-order valence-electron chi connectivity index (χ3n) is 1.90. The topological polar surface area (TPSA) is 44.9 Å². The van der Waals surface area contributed by atoms with Gasteiger partial charge in [0.05, 0.1) is 11.6 Å². The number of aromatic nitrogens is 1. The number of carbonyl (C=O) groups is 1. The Kier molecular flexibility index (Phi) is 3.08. The first-order valence-corrected chi connectivity index (χ1v) is 5.66. The van der Waals surface area contributed by atoms with Crippen LogP contribution < -0.4 is 5.32 Å². The van der Waals surface area contributed by atoms with E-state index in [1.54, 1.807) is 23.6 Å². The molecule has 0 spiro atoms. The highest BCUT2D eigenvalue weighted by atomic mass is 35.5. The molecule has 0 saturated heterocycles. The van der Waals surface area contributed by atoms with Gasteiger partial charge in [0, 0.05) is 11.1 Å². The highest BCUT2D eigenvalue weighted by Gasteiger charge is 2.07. The number of H-pyrrole nitrogens is 1. The first-order chi connectivity index (χ1) is 7.25. The quantitative estimate of drug-likeness (QED) is 0.851. The van der Waals surface area contributed by atoms with Gasteiger partial charge in [-0.05, 0) is 17.5 Å². The van der Waals surface area contributed by atoms with Crippen molar-refractivity contribution in [3.05, 3.63) is 45.4 Å². The van der Waals surface area contributed by atoms with Crippen LogP contribution in [0.4, 0.5) is 0 Å². The monoisotopic (exact) mass is 240 g/mol. The third kappa shape index (κ3) is 2.61. The second-order valence-corrected chi connectivity index (χ2v) is 4.46. The number of halogens is 1. The SMILES string of the molecule is O=C(NCc1cccs1)c1cc(Cl)c[nH]1. The first-order valence-electron chi connectivity index (χ1n) is 4.40. The van der Waals surface area contributed by atoms with Crippen LogP contribution in [0.3, 0.4) is 0 Å². The van der Waals surface area contributed by atoms with Crippen LogP contribution in [0.25, 0.3) is 0 Å². The van der Waals surface area contributed by atoms with E-state index in [1.165, 1.54) is 0 Å². The molecular weight excluding hydrogens is 232 g/mol. The van der Waals surface area contributed by atoms with E-state index in [1.807, 2.05) is 17.5 Å². The standard InChI is InChI=1S/C10H9ClN2OS/c11-7-4-9(12-5-7)10(14)13-6-8-2-1-3-15-8/h1-5,12H,6H2,(H,13,14). The molecule has 2 aromatic heterocycles. The molecule has 1 amide bonds. The number of carbonyl (C=O) groups excluding carboxylic acids is 1. The van der Waals surface area contributed by atoms with Gasteiger partial charge in [-0.1, -0.05) is 17.7 Å². The summed E-state index contributed by atoms with van der Waals surface area (Å²) < 4.78 is 0. The highest BCUT2D eigenvalue weighted by molar-refractivity contribution is 7.09.